The van der Waals surface area contributed by atoms with Gasteiger partial charge in [0, 0.05) is 5.56 Å². The van der Waals surface area contributed by atoms with E-state index in [0.717, 1.165) is 22.6 Å². The van der Waals surface area contributed by atoms with Gasteiger partial charge in [0.15, 0.2) is 0 Å². The van der Waals surface area contributed by atoms with Crippen molar-refractivity contribution >= 4 is 0 Å². The normalized spacial score (nSPS) is 14.9. The number of ether oxygens (including phenoxy) is 1. The second-order valence-corrected chi connectivity index (χ2v) is 4.30. The predicted octanol–water partition coefficient (Wildman–Crippen LogP) is 2.95. The van der Waals surface area contributed by atoms with E-state index < -0.39 is 0 Å². The lowest BCUT2D eigenvalue weighted by Crippen LogP contribution is -1.97. The van der Waals surface area contributed by atoms with Crippen LogP contribution in [-0.4, -0.2) is 6.10 Å². The maximum atomic E-state index is 5.71. The van der Waals surface area contributed by atoms with Gasteiger partial charge < -0.3 is 14.9 Å². The number of hydrogen-bond acceptors (Lipinski definition) is 3. The molecule has 0 saturated heterocycles. The average Bonchev–Trinajstić information content (AvgIpc) is 3.05. The van der Waals surface area contributed by atoms with Crippen molar-refractivity contribution in [2.75, 3.05) is 0 Å². The summed E-state index contributed by atoms with van der Waals surface area (Å²) in [6.45, 7) is 0.419. The molecule has 1 saturated carbocycles. The Kier molecular flexibility index (Phi) is 2.61. The van der Waals surface area contributed by atoms with Crippen LogP contribution in [0.25, 0.3) is 11.1 Å². The number of hydrogen-bond donors (Lipinski definition) is 1. The highest BCUT2D eigenvalue weighted by molar-refractivity contribution is 5.66. The summed E-state index contributed by atoms with van der Waals surface area (Å²) in [4.78, 5) is 0. The zero-order valence-corrected chi connectivity index (χ0v) is 9.56. The minimum absolute atomic E-state index is 0.419. The summed E-state index contributed by atoms with van der Waals surface area (Å²) in [5.41, 5.74) is 7.79. The Balaban J connectivity index is 1.83. The molecule has 3 rings (SSSR count). The molecule has 0 amide bonds. The van der Waals surface area contributed by atoms with Gasteiger partial charge in [-0.1, -0.05) is 12.1 Å². The zero-order chi connectivity index (χ0) is 11.7. The molecule has 1 aromatic heterocycles. The fourth-order valence-electron chi connectivity index (χ4n) is 1.85. The molecule has 1 aliphatic rings. The van der Waals surface area contributed by atoms with E-state index in [1.165, 1.54) is 12.8 Å². The maximum absolute atomic E-state index is 5.71. The first kappa shape index (κ1) is 10.4. The minimum Gasteiger partial charge on any atom is -0.490 e. The molecule has 1 aliphatic carbocycles. The third-order valence-corrected chi connectivity index (χ3v) is 2.92. The van der Waals surface area contributed by atoms with Crippen molar-refractivity contribution in [1.82, 2.24) is 0 Å². The van der Waals surface area contributed by atoms with Gasteiger partial charge in [0.05, 0.1) is 18.9 Å². The van der Waals surface area contributed by atoms with E-state index in [1.54, 1.807) is 6.26 Å². The van der Waals surface area contributed by atoms with Crippen molar-refractivity contribution in [3.63, 3.8) is 0 Å². The van der Waals surface area contributed by atoms with Crippen LogP contribution in [0, 0.1) is 0 Å². The van der Waals surface area contributed by atoms with Gasteiger partial charge in [0.2, 0.25) is 0 Å². The smallest absolute Gasteiger partial charge is 0.125 e. The van der Waals surface area contributed by atoms with Gasteiger partial charge in [-0.25, -0.2) is 0 Å². The molecule has 3 nitrogen and oxygen atoms in total. The molecule has 1 aromatic carbocycles. The first-order valence-electron chi connectivity index (χ1n) is 5.90. The van der Waals surface area contributed by atoms with Gasteiger partial charge in [-0.05, 0) is 36.6 Å². The molecule has 2 N–H and O–H groups in total. The summed E-state index contributed by atoms with van der Waals surface area (Å²) < 4.78 is 11.0. The first-order valence-corrected chi connectivity index (χ1v) is 5.90. The van der Waals surface area contributed by atoms with Crippen molar-refractivity contribution < 1.29 is 9.15 Å². The number of furan rings is 1. The van der Waals surface area contributed by atoms with Crippen LogP contribution in [0.3, 0.4) is 0 Å². The topological polar surface area (TPSA) is 48.4 Å². The summed E-state index contributed by atoms with van der Waals surface area (Å²) in [6.07, 6.45) is 4.47. The lowest BCUT2D eigenvalue weighted by molar-refractivity contribution is 0.303. The quantitative estimate of drug-likeness (QED) is 0.876. The molecule has 3 heteroatoms. The van der Waals surface area contributed by atoms with Crippen LogP contribution in [0.1, 0.15) is 18.6 Å². The van der Waals surface area contributed by atoms with Crippen LogP contribution in [0.5, 0.6) is 5.75 Å². The third kappa shape index (κ3) is 2.19. The lowest BCUT2D eigenvalue weighted by atomic mass is 10.1. The van der Waals surface area contributed by atoms with Crippen molar-refractivity contribution in [2.45, 2.75) is 25.5 Å². The molecule has 1 fully saturated rings. The van der Waals surface area contributed by atoms with Crippen LogP contribution in [0.2, 0.25) is 0 Å². The predicted molar refractivity (Wildman–Crippen MR) is 65.7 cm³/mol. The van der Waals surface area contributed by atoms with E-state index in [0.29, 0.717) is 12.6 Å². The Morgan fingerprint density at radius 1 is 1.18 bits per heavy atom. The molecule has 0 aliphatic heterocycles. The molecule has 2 aromatic rings. The monoisotopic (exact) mass is 229 g/mol. The zero-order valence-electron chi connectivity index (χ0n) is 9.56. The Labute approximate surface area is 100 Å². The van der Waals surface area contributed by atoms with Crippen LogP contribution in [-0.2, 0) is 6.54 Å². The van der Waals surface area contributed by atoms with E-state index in [-0.39, 0.29) is 0 Å². The van der Waals surface area contributed by atoms with E-state index in [2.05, 4.69) is 0 Å². The number of rotatable bonds is 4. The van der Waals surface area contributed by atoms with Crippen LogP contribution >= 0.6 is 0 Å². The fourth-order valence-corrected chi connectivity index (χ4v) is 1.85. The van der Waals surface area contributed by atoms with Gasteiger partial charge in [-0.2, -0.15) is 0 Å². The standard InChI is InChI=1S/C14H15NO2/c15-9-14-13(7-8-16-14)10-1-3-11(4-2-10)17-12-5-6-12/h1-4,7-8,12H,5-6,9,15H2. The molecule has 0 unspecified atom stereocenters. The number of nitrogens with two attached hydrogens (primary N) is 1. The molecule has 17 heavy (non-hydrogen) atoms. The van der Waals surface area contributed by atoms with Gasteiger partial charge in [-0.15, -0.1) is 0 Å². The molecule has 0 atom stereocenters. The summed E-state index contributed by atoms with van der Waals surface area (Å²) in [5, 5.41) is 0. The maximum Gasteiger partial charge on any atom is 0.125 e. The fraction of sp³-hybridized carbons (Fsp3) is 0.286. The van der Waals surface area contributed by atoms with Gasteiger partial charge >= 0.3 is 0 Å². The van der Waals surface area contributed by atoms with Crippen LogP contribution < -0.4 is 10.5 Å². The SMILES string of the molecule is NCc1occc1-c1ccc(OC2CC2)cc1. The summed E-state index contributed by atoms with van der Waals surface area (Å²) in [6, 6.07) is 10.0. The third-order valence-electron chi connectivity index (χ3n) is 2.92. The molecule has 0 spiro atoms. The first-order chi connectivity index (χ1) is 8.36. The van der Waals surface area contributed by atoms with E-state index in [4.69, 9.17) is 14.9 Å². The lowest BCUT2D eigenvalue weighted by Gasteiger charge is -2.05. The van der Waals surface area contributed by atoms with Crippen molar-refractivity contribution in [2.24, 2.45) is 5.73 Å². The summed E-state index contributed by atoms with van der Waals surface area (Å²) >= 11 is 0. The van der Waals surface area contributed by atoms with Gasteiger partial charge in [0.25, 0.3) is 0 Å². The van der Waals surface area contributed by atoms with Crippen LogP contribution in [0.15, 0.2) is 41.0 Å². The van der Waals surface area contributed by atoms with E-state index in [1.807, 2.05) is 30.3 Å². The molecule has 0 radical (unpaired) electrons. The van der Waals surface area contributed by atoms with Crippen molar-refractivity contribution in [3.8, 4) is 16.9 Å². The average molecular weight is 229 g/mol. The van der Waals surface area contributed by atoms with Crippen molar-refractivity contribution in [1.29, 1.82) is 0 Å². The Morgan fingerprint density at radius 3 is 2.59 bits per heavy atom. The molecular formula is C14H15NO2. The second-order valence-electron chi connectivity index (χ2n) is 4.30. The molecule has 1 heterocycles. The second kappa shape index (κ2) is 4.26. The van der Waals surface area contributed by atoms with E-state index in [9.17, 15) is 0 Å². The van der Waals surface area contributed by atoms with Crippen LogP contribution in [0.4, 0.5) is 0 Å². The molecule has 88 valence electrons. The highest BCUT2D eigenvalue weighted by atomic mass is 16.5. The summed E-state index contributed by atoms with van der Waals surface area (Å²) in [7, 11) is 0. The molecular weight excluding hydrogens is 214 g/mol. The Morgan fingerprint density at radius 2 is 1.94 bits per heavy atom. The highest BCUT2D eigenvalue weighted by Gasteiger charge is 2.23. The van der Waals surface area contributed by atoms with Gasteiger partial charge in [0.1, 0.15) is 11.5 Å². The Hall–Kier alpha value is -1.74. The number of benzene rings is 1. The minimum atomic E-state index is 0.419. The van der Waals surface area contributed by atoms with Gasteiger partial charge in [-0.3, -0.25) is 0 Å². The van der Waals surface area contributed by atoms with E-state index >= 15 is 0 Å². The Bertz CT molecular complexity index is 497. The largest absolute Gasteiger partial charge is 0.490 e. The molecule has 0 bridgehead atoms. The van der Waals surface area contributed by atoms with Crippen molar-refractivity contribution in [3.05, 3.63) is 42.4 Å². The highest BCUT2D eigenvalue weighted by Crippen LogP contribution is 2.30. The summed E-state index contributed by atoms with van der Waals surface area (Å²) in [5.74, 6) is 1.76.